The minimum absolute atomic E-state index is 0.571. The zero-order valence-electron chi connectivity index (χ0n) is 12.2. The first-order valence-electron chi connectivity index (χ1n) is 7.47. The van der Waals surface area contributed by atoms with Crippen LogP contribution < -0.4 is 5.32 Å². The summed E-state index contributed by atoms with van der Waals surface area (Å²) in [6.45, 7) is 11.0. The fourth-order valence-electron chi connectivity index (χ4n) is 3.03. The summed E-state index contributed by atoms with van der Waals surface area (Å²) in [5.41, 5.74) is 0. The van der Waals surface area contributed by atoms with E-state index in [1.165, 1.54) is 26.1 Å². The number of rotatable bonds is 4. The number of ether oxygens (including phenoxy) is 1. The van der Waals surface area contributed by atoms with Gasteiger partial charge in [-0.25, -0.2) is 0 Å². The molecule has 18 heavy (non-hydrogen) atoms. The molecule has 2 saturated heterocycles. The van der Waals surface area contributed by atoms with Crippen LogP contribution in [-0.4, -0.2) is 74.4 Å². The van der Waals surface area contributed by atoms with Crippen LogP contribution in [0, 0.1) is 0 Å². The fraction of sp³-hybridized carbons (Fsp3) is 1.00. The van der Waals surface area contributed by atoms with Crippen molar-refractivity contribution in [2.45, 2.75) is 44.8 Å². The topological polar surface area (TPSA) is 27.7 Å². The summed E-state index contributed by atoms with van der Waals surface area (Å²) in [6, 6.07) is 1.85. The van der Waals surface area contributed by atoms with Crippen LogP contribution >= 0.6 is 0 Å². The first-order chi connectivity index (χ1) is 8.72. The van der Waals surface area contributed by atoms with Gasteiger partial charge in [-0.05, 0) is 33.4 Å². The molecule has 3 atom stereocenters. The third kappa shape index (κ3) is 3.44. The number of nitrogens with zero attached hydrogens (tertiary/aromatic N) is 2. The maximum absolute atomic E-state index is 5.71. The predicted molar refractivity (Wildman–Crippen MR) is 75.0 cm³/mol. The van der Waals surface area contributed by atoms with E-state index in [0.29, 0.717) is 18.1 Å². The second kappa shape index (κ2) is 6.85. The Labute approximate surface area is 112 Å². The van der Waals surface area contributed by atoms with Crippen molar-refractivity contribution in [1.29, 1.82) is 0 Å². The van der Waals surface area contributed by atoms with Crippen molar-refractivity contribution >= 4 is 0 Å². The van der Waals surface area contributed by atoms with E-state index in [4.69, 9.17) is 4.74 Å². The molecule has 2 aliphatic heterocycles. The Morgan fingerprint density at radius 2 is 2.17 bits per heavy atom. The van der Waals surface area contributed by atoms with Gasteiger partial charge in [-0.3, -0.25) is 4.90 Å². The van der Waals surface area contributed by atoms with Crippen molar-refractivity contribution in [1.82, 2.24) is 15.1 Å². The van der Waals surface area contributed by atoms with Crippen molar-refractivity contribution in [3.8, 4) is 0 Å². The van der Waals surface area contributed by atoms with E-state index >= 15 is 0 Å². The molecular formula is C14H29N3O. The van der Waals surface area contributed by atoms with Crippen LogP contribution in [0.25, 0.3) is 0 Å². The Kier molecular flexibility index (Phi) is 5.42. The van der Waals surface area contributed by atoms with Gasteiger partial charge < -0.3 is 15.0 Å². The lowest BCUT2D eigenvalue weighted by Crippen LogP contribution is -2.61. The van der Waals surface area contributed by atoms with Crippen LogP contribution in [0.15, 0.2) is 0 Å². The van der Waals surface area contributed by atoms with E-state index in [1.54, 1.807) is 0 Å². The minimum atomic E-state index is 0.571. The molecule has 2 heterocycles. The zero-order chi connectivity index (χ0) is 13.0. The predicted octanol–water partition coefficient (Wildman–Crippen LogP) is 0.779. The summed E-state index contributed by atoms with van der Waals surface area (Å²) in [4.78, 5) is 5.09. The van der Waals surface area contributed by atoms with Gasteiger partial charge in [-0.15, -0.1) is 0 Å². The standard InChI is InChI=1S/C14H29N3O/c1-4-6-15-13-5-9-18-11-14(13)17-8-7-16(3)12(2)10-17/h12-15H,4-11H2,1-3H3. The molecule has 0 aliphatic carbocycles. The maximum Gasteiger partial charge on any atom is 0.0637 e. The average molecular weight is 255 g/mol. The van der Waals surface area contributed by atoms with E-state index in [0.717, 1.165) is 26.2 Å². The molecule has 106 valence electrons. The van der Waals surface area contributed by atoms with Gasteiger partial charge in [-0.2, -0.15) is 0 Å². The van der Waals surface area contributed by atoms with Crippen molar-refractivity contribution in [3.05, 3.63) is 0 Å². The molecule has 4 nitrogen and oxygen atoms in total. The molecular weight excluding hydrogens is 226 g/mol. The first-order valence-corrected chi connectivity index (χ1v) is 7.47. The molecule has 0 amide bonds. The summed E-state index contributed by atoms with van der Waals surface area (Å²) < 4.78 is 5.71. The van der Waals surface area contributed by atoms with Gasteiger partial charge in [0.05, 0.1) is 6.61 Å². The molecule has 0 saturated carbocycles. The van der Waals surface area contributed by atoms with E-state index in [2.05, 4.69) is 36.0 Å². The third-order valence-corrected chi connectivity index (χ3v) is 4.44. The lowest BCUT2D eigenvalue weighted by atomic mass is 9.99. The Morgan fingerprint density at radius 1 is 1.33 bits per heavy atom. The van der Waals surface area contributed by atoms with Gasteiger partial charge in [0.2, 0.25) is 0 Å². The smallest absolute Gasteiger partial charge is 0.0637 e. The molecule has 3 unspecified atom stereocenters. The number of hydrogen-bond donors (Lipinski definition) is 1. The molecule has 4 heteroatoms. The van der Waals surface area contributed by atoms with Crippen LogP contribution in [0.3, 0.4) is 0 Å². The van der Waals surface area contributed by atoms with Crippen LogP contribution in [0.2, 0.25) is 0 Å². The second-order valence-electron chi connectivity index (χ2n) is 5.82. The number of hydrogen-bond acceptors (Lipinski definition) is 4. The van der Waals surface area contributed by atoms with Gasteiger partial charge in [-0.1, -0.05) is 6.92 Å². The molecule has 0 aromatic heterocycles. The summed E-state index contributed by atoms with van der Waals surface area (Å²) >= 11 is 0. The molecule has 0 bridgehead atoms. The Hall–Kier alpha value is -0.160. The van der Waals surface area contributed by atoms with E-state index in [-0.39, 0.29) is 0 Å². The quantitative estimate of drug-likeness (QED) is 0.803. The van der Waals surface area contributed by atoms with Gasteiger partial charge in [0.1, 0.15) is 0 Å². The van der Waals surface area contributed by atoms with Crippen LogP contribution in [0.5, 0.6) is 0 Å². The maximum atomic E-state index is 5.71. The zero-order valence-corrected chi connectivity index (χ0v) is 12.2. The SMILES string of the molecule is CCCNC1CCOCC1N1CCN(C)C(C)C1. The second-order valence-corrected chi connectivity index (χ2v) is 5.82. The first kappa shape index (κ1) is 14.3. The summed E-state index contributed by atoms with van der Waals surface area (Å²) in [5.74, 6) is 0. The van der Waals surface area contributed by atoms with Gasteiger partial charge in [0.25, 0.3) is 0 Å². The van der Waals surface area contributed by atoms with Crippen molar-refractivity contribution in [2.75, 3.05) is 46.4 Å². The van der Waals surface area contributed by atoms with E-state index in [9.17, 15) is 0 Å². The summed E-state index contributed by atoms with van der Waals surface area (Å²) in [6.07, 6.45) is 2.37. The molecule has 0 aromatic rings. The Balaban J connectivity index is 1.91. The summed E-state index contributed by atoms with van der Waals surface area (Å²) in [5, 5.41) is 3.71. The molecule has 0 radical (unpaired) electrons. The molecule has 2 rings (SSSR count). The van der Waals surface area contributed by atoms with Crippen LogP contribution in [-0.2, 0) is 4.74 Å². The highest BCUT2D eigenvalue weighted by atomic mass is 16.5. The van der Waals surface area contributed by atoms with E-state index in [1.807, 2.05) is 0 Å². The Bertz CT molecular complexity index is 249. The largest absolute Gasteiger partial charge is 0.380 e. The van der Waals surface area contributed by atoms with Gasteiger partial charge in [0.15, 0.2) is 0 Å². The number of piperazine rings is 1. The molecule has 1 N–H and O–H groups in total. The minimum Gasteiger partial charge on any atom is -0.380 e. The van der Waals surface area contributed by atoms with Crippen molar-refractivity contribution in [2.24, 2.45) is 0 Å². The van der Waals surface area contributed by atoms with Gasteiger partial charge >= 0.3 is 0 Å². The lowest BCUT2D eigenvalue weighted by molar-refractivity contribution is -0.0274. The lowest BCUT2D eigenvalue weighted by Gasteiger charge is -2.46. The van der Waals surface area contributed by atoms with Gasteiger partial charge in [0, 0.05) is 44.4 Å². The normalized spacial score (nSPS) is 35.8. The average Bonchev–Trinajstić information content (AvgIpc) is 2.40. The highest BCUT2D eigenvalue weighted by Crippen LogP contribution is 2.18. The van der Waals surface area contributed by atoms with Crippen LogP contribution in [0.4, 0.5) is 0 Å². The molecule has 2 aliphatic rings. The fourth-order valence-corrected chi connectivity index (χ4v) is 3.03. The van der Waals surface area contributed by atoms with Crippen LogP contribution in [0.1, 0.15) is 26.7 Å². The monoisotopic (exact) mass is 255 g/mol. The van der Waals surface area contributed by atoms with Crippen molar-refractivity contribution < 1.29 is 4.74 Å². The number of nitrogens with one attached hydrogen (secondary N) is 1. The third-order valence-electron chi connectivity index (χ3n) is 4.44. The van der Waals surface area contributed by atoms with Crippen molar-refractivity contribution in [3.63, 3.8) is 0 Å². The summed E-state index contributed by atoms with van der Waals surface area (Å²) in [7, 11) is 2.23. The Morgan fingerprint density at radius 3 is 2.89 bits per heavy atom. The molecule has 0 aromatic carbocycles. The highest BCUT2D eigenvalue weighted by Gasteiger charge is 2.33. The van der Waals surface area contributed by atoms with E-state index < -0.39 is 0 Å². The molecule has 0 spiro atoms. The molecule has 2 fully saturated rings. The number of likely N-dealkylation sites (N-methyl/N-ethyl adjacent to an activating group) is 1. The highest BCUT2D eigenvalue weighted by molar-refractivity contribution is 4.91.